The van der Waals surface area contributed by atoms with Gasteiger partial charge < -0.3 is 14.2 Å². The predicted molar refractivity (Wildman–Crippen MR) is 112 cm³/mol. The monoisotopic (exact) mass is 388 g/mol. The van der Waals surface area contributed by atoms with Crippen LogP contribution in [0.5, 0.6) is 5.75 Å². The number of hydrogen-bond donors (Lipinski definition) is 0. The fourth-order valence-corrected chi connectivity index (χ4v) is 3.25. The molecule has 0 aromatic heterocycles. The quantitative estimate of drug-likeness (QED) is 0.561. The van der Waals surface area contributed by atoms with Crippen molar-refractivity contribution in [2.45, 2.75) is 59.9 Å². The molecule has 0 heterocycles. The van der Waals surface area contributed by atoms with Crippen LogP contribution in [-0.4, -0.2) is 19.8 Å². The van der Waals surface area contributed by atoms with Crippen LogP contribution in [0.3, 0.4) is 0 Å². The van der Waals surface area contributed by atoms with Crippen molar-refractivity contribution in [1.29, 1.82) is 0 Å². The molecular formula is C24H33FO3. The van der Waals surface area contributed by atoms with E-state index in [1.54, 1.807) is 26.4 Å². The van der Waals surface area contributed by atoms with Crippen LogP contribution < -0.4 is 4.74 Å². The van der Waals surface area contributed by atoms with Crippen LogP contribution >= 0.6 is 0 Å². The van der Waals surface area contributed by atoms with E-state index in [1.165, 1.54) is 6.07 Å². The number of rotatable bonds is 6. The zero-order chi connectivity index (χ0) is 21.1. The van der Waals surface area contributed by atoms with E-state index in [4.69, 9.17) is 14.2 Å². The molecule has 0 saturated carbocycles. The summed E-state index contributed by atoms with van der Waals surface area (Å²) in [5, 5.41) is 0. The van der Waals surface area contributed by atoms with E-state index < -0.39 is 0 Å². The summed E-state index contributed by atoms with van der Waals surface area (Å²) in [6, 6.07) is 10.8. The molecule has 2 rings (SSSR count). The largest absolute Gasteiger partial charge is 0.497 e. The fourth-order valence-electron chi connectivity index (χ4n) is 3.25. The summed E-state index contributed by atoms with van der Waals surface area (Å²) in [4.78, 5) is 0. The molecule has 2 aromatic carbocycles. The second kappa shape index (κ2) is 8.62. The number of benzene rings is 2. The normalized spacial score (nSPS) is 13.5. The molecule has 154 valence electrons. The highest BCUT2D eigenvalue weighted by Gasteiger charge is 2.29. The molecule has 28 heavy (non-hydrogen) atoms. The van der Waals surface area contributed by atoms with Gasteiger partial charge in [-0.15, -0.1) is 0 Å². The van der Waals surface area contributed by atoms with Crippen molar-refractivity contribution in [3.8, 4) is 16.9 Å². The van der Waals surface area contributed by atoms with Gasteiger partial charge >= 0.3 is 0 Å². The van der Waals surface area contributed by atoms with Crippen LogP contribution in [0, 0.1) is 11.2 Å². The van der Waals surface area contributed by atoms with Crippen molar-refractivity contribution in [1.82, 2.24) is 0 Å². The molecule has 0 bridgehead atoms. The molecule has 0 aliphatic heterocycles. The van der Waals surface area contributed by atoms with E-state index in [1.807, 2.05) is 32.9 Å². The Hall–Kier alpha value is -1.91. The zero-order valence-electron chi connectivity index (χ0n) is 18.4. The standard InChI is InChI=1S/C24H33FO3/c1-23(2,3)22(27-8)20-13-16(15-28-24(4,5)6)9-11-18(20)19-14-17(26-7)10-12-21(19)25/h9-14,22H,15H2,1-8H3/t22-/m1/s1. The van der Waals surface area contributed by atoms with E-state index in [0.717, 1.165) is 16.7 Å². The Balaban J connectivity index is 2.61. The van der Waals surface area contributed by atoms with Crippen molar-refractivity contribution in [2.24, 2.45) is 5.41 Å². The van der Waals surface area contributed by atoms with Gasteiger partial charge in [0.1, 0.15) is 11.6 Å². The average molecular weight is 389 g/mol. The van der Waals surface area contributed by atoms with Gasteiger partial charge in [-0.3, -0.25) is 0 Å². The lowest BCUT2D eigenvalue weighted by Gasteiger charge is -2.32. The molecule has 0 unspecified atom stereocenters. The Bertz CT molecular complexity index is 800. The van der Waals surface area contributed by atoms with Gasteiger partial charge in [0, 0.05) is 12.7 Å². The van der Waals surface area contributed by atoms with Gasteiger partial charge in [-0.2, -0.15) is 0 Å². The summed E-state index contributed by atoms with van der Waals surface area (Å²) in [5.41, 5.74) is 2.88. The third kappa shape index (κ3) is 5.55. The molecule has 2 aromatic rings. The maximum absolute atomic E-state index is 14.7. The lowest BCUT2D eigenvalue weighted by atomic mass is 9.81. The number of methoxy groups -OCH3 is 2. The first-order valence-corrected chi connectivity index (χ1v) is 9.60. The van der Waals surface area contributed by atoms with E-state index in [9.17, 15) is 4.39 Å². The Kier molecular flexibility index (Phi) is 6.89. The van der Waals surface area contributed by atoms with Gasteiger partial charge in [0.25, 0.3) is 0 Å². The SMILES string of the molecule is COc1ccc(F)c(-c2ccc(COC(C)(C)C)cc2[C@@H](OC)C(C)(C)C)c1. The first kappa shape index (κ1) is 22.4. The van der Waals surface area contributed by atoms with E-state index in [2.05, 4.69) is 26.8 Å². The highest BCUT2D eigenvalue weighted by molar-refractivity contribution is 5.70. The highest BCUT2D eigenvalue weighted by Crippen LogP contribution is 2.42. The third-order valence-electron chi connectivity index (χ3n) is 4.56. The average Bonchev–Trinajstić information content (AvgIpc) is 2.59. The van der Waals surface area contributed by atoms with Crippen LogP contribution in [0.4, 0.5) is 4.39 Å². The first-order chi connectivity index (χ1) is 13.0. The molecule has 3 nitrogen and oxygen atoms in total. The molecule has 0 N–H and O–H groups in total. The van der Waals surface area contributed by atoms with Gasteiger partial charge in [-0.05, 0) is 61.1 Å². The molecule has 0 saturated heterocycles. The topological polar surface area (TPSA) is 27.7 Å². The van der Waals surface area contributed by atoms with Crippen LogP contribution in [0.2, 0.25) is 0 Å². The molecule has 0 aliphatic carbocycles. The summed E-state index contributed by atoms with van der Waals surface area (Å²) in [6.07, 6.45) is -0.206. The van der Waals surface area contributed by atoms with Crippen LogP contribution in [0.1, 0.15) is 58.8 Å². The number of halogens is 1. The minimum absolute atomic E-state index is 0.164. The molecule has 0 fully saturated rings. The van der Waals surface area contributed by atoms with E-state index in [0.29, 0.717) is 17.9 Å². The summed E-state index contributed by atoms with van der Waals surface area (Å²) >= 11 is 0. The maximum Gasteiger partial charge on any atom is 0.131 e. The Morgan fingerprint density at radius 1 is 0.893 bits per heavy atom. The van der Waals surface area contributed by atoms with Crippen LogP contribution in [-0.2, 0) is 16.1 Å². The van der Waals surface area contributed by atoms with Gasteiger partial charge in [0.15, 0.2) is 0 Å². The van der Waals surface area contributed by atoms with Crippen LogP contribution in [0.25, 0.3) is 11.1 Å². The predicted octanol–water partition coefficient (Wildman–Crippen LogP) is 6.55. The summed E-state index contributed by atoms with van der Waals surface area (Å²) in [6.45, 7) is 12.9. The lowest BCUT2D eigenvalue weighted by Crippen LogP contribution is -2.22. The lowest BCUT2D eigenvalue weighted by molar-refractivity contribution is -0.0153. The molecule has 0 spiro atoms. The minimum atomic E-state index is -0.287. The second-order valence-corrected chi connectivity index (χ2v) is 9.15. The van der Waals surface area contributed by atoms with Gasteiger partial charge in [-0.1, -0.05) is 39.0 Å². The summed E-state index contributed by atoms with van der Waals surface area (Å²) in [5.74, 6) is 0.330. The minimum Gasteiger partial charge on any atom is -0.497 e. The Morgan fingerprint density at radius 2 is 1.57 bits per heavy atom. The van der Waals surface area contributed by atoms with E-state index >= 15 is 0 Å². The van der Waals surface area contributed by atoms with Crippen molar-refractivity contribution in [2.75, 3.05) is 14.2 Å². The molecule has 4 heteroatoms. The summed E-state index contributed by atoms with van der Waals surface area (Å²) < 4.78 is 31.8. The van der Waals surface area contributed by atoms with Crippen molar-refractivity contribution >= 4 is 0 Å². The fraction of sp³-hybridized carbons (Fsp3) is 0.500. The second-order valence-electron chi connectivity index (χ2n) is 9.15. The maximum atomic E-state index is 14.7. The smallest absolute Gasteiger partial charge is 0.131 e. The van der Waals surface area contributed by atoms with Gasteiger partial charge in [0.05, 0.1) is 25.4 Å². The van der Waals surface area contributed by atoms with Crippen molar-refractivity contribution in [3.63, 3.8) is 0 Å². The van der Waals surface area contributed by atoms with Crippen molar-refractivity contribution < 1.29 is 18.6 Å². The van der Waals surface area contributed by atoms with Crippen LogP contribution in [0.15, 0.2) is 36.4 Å². The molecular weight excluding hydrogens is 355 g/mol. The van der Waals surface area contributed by atoms with Crippen molar-refractivity contribution in [3.05, 3.63) is 53.3 Å². The molecule has 0 aliphatic rings. The third-order valence-corrected chi connectivity index (χ3v) is 4.56. The molecule has 0 radical (unpaired) electrons. The number of ether oxygens (including phenoxy) is 3. The Labute approximate surface area is 168 Å². The van der Waals surface area contributed by atoms with Gasteiger partial charge in [-0.25, -0.2) is 4.39 Å². The van der Waals surface area contributed by atoms with E-state index in [-0.39, 0.29) is 22.9 Å². The Morgan fingerprint density at radius 3 is 2.11 bits per heavy atom. The highest BCUT2D eigenvalue weighted by atomic mass is 19.1. The molecule has 0 amide bonds. The number of hydrogen-bond acceptors (Lipinski definition) is 3. The first-order valence-electron chi connectivity index (χ1n) is 9.60. The summed E-state index contributed by atoms with van der Waals surface area (Å²) in [7, 11) is 3.28. The zero-order valence-corrected chi connectivity index (χ0v) is 18.4. The molecule has 1 atom stereocenters. The van der Waals surface area contributed by atoms with Gasteiger partial charge in [0.2, 0.25) is 0 Å².